The van der Waals surface area contributed by atoms with Crippen molar-refractivity contribution in [3.63, 3.8) is 0 Å². The molecule has 1 saturated heterocycles. The van der Waals surface area contributed by atoms with E-state index in [-0.39, 0.29) is 18.1 Å². The van der Waals surface area contributed by atoms with Gasteiger partial charge in [-0.1, -0.05) is 6.92 Å². The zero-order valence-electron chi connectivity index (χ0n) is 13.5. The van der Waals surface area contributed by atoms with Gasteiger partial charge in [-0.2, -0.15) is 0 Å². The van der Waals surface area contributed by atoms with Crippen LogP contribution in [0.25, 0.3) is 0 Å². The number of amides is 1. The van der Waals surface area contributed by atoms with Gasteiger partial charge in [0.05, 0.1) is 18.2 Å². The molecule has 3 heterocycles. The van der Waals surface area contributed by atoms with Crippen LogP contribution in [0.2, 0.25) is 0 Å². The Morgan fingerprint density at radius 2 is 2.30 bits per heavy atom. The van der Waals surface area contributed by atoms with Crippen molar-refractivity contribution in [3.05, 3.63) is 47.8 Å². The summed E-state index contributed by atoms with van der Waals surface area (Å²) in [6, 6.07) is 1.89. The van der Waals surface area contributed by atoms with Crippen molar-refractivity contribution in [2.24, 2.45) is 7.05 Å². The summed E-state index contributed by atoms with van der Waals surface area (Å²) in [5.41, 5.74) is 2.73. The number of nitrogens with zero attached hydrogens (tertiary/aromatic N) is 3. The van der Waals surface area contributed by atoms with Gasteiger partial charge in [0.2, 0.25) is 0 Å². The Hall–Kier alpha value is -2.21. The van der Waals surface area contributed by atoms with Crippen molar-refractivity contribution in [1.29, 1.82) is 0 Å². The summed E-state index contributed by atoms with van der Waals surface area (Å²) in [7, 11) is 1.96. The van der Waals surface area contributed by atoms with Gasteiger partial charge in [0.15, 0.2) is 0 Å². The van der Waals surface area contributed by atoms with E-state index < -0.39 is 0 Å². The molecule has 1 aliphatic rings. The van der Waals surface area contributed by atoms with E-state index in [1.807, 2.05) is 24.7 Å². The van der Waals surface area contributed by atoms with Gasteiger partial charge in [-0.25, -0.2) is 4.98 Å². The number of carbonyl (C=O) groups is 1. The van der Waals surface area contributed by atoms with E-state index in [1.165, 1.54) is 0 Å². The Balaban J connectivity index is 1.68. The molecule has 0 aromatic carbocycles. The highest BCUT2D eigenvalue weighted by Crippen LogP contribution is 2.27. The maximum absolute atomic E-state index is 12.6. The summed E-state index contributed by atoms with van der Waals surface area (Å²) in [5.74, 6) is -0.0279. The van der Waals surface area contributed by atoms with E-state index in [0.717, 1.165) is 30.5 Å². The molecule has 6 nitrogen and oxygen atoms in total. The van der Waals surface area contributed by atoms with Gasteiger partial charge in [-0.3, -0.25) is 9.78 Å². The summed E-state index contributed by atoms with van der Waals surface area (Å²) >= 11 is 0. The van der Waals surface area contributed by atoms with Gasteiger partial charge in [0, 0.05) is 37.7 Å². The molecule has 0 aliphatic carbocycles. The van der Waals surface area contributed by atoms with Gasteiger partial charge < -0.3 is 14.6 Å². The van der Waals surface area contributed by atoms with Crippen molar-refractivity contribution in [2.75, 3.05) is 6.61 Å². The molecule has 1 aliphatic heterocycles. The molecule has 122 valence electrons. The number of hydrogen-bond donors (Lipinski definition) is 1. The molecule has 1 amide bonds. The second-order valence-electron chi connectivity index (χ2n) is 5.87. The largest absolute Gasteiger partial charge is 0.372 e. The lowest BCUT2D eigenvalue weighted by molar-refractivity contribution is -0.00302. The van der Waals surface area contributed by atoms with Gasteiger partial charge in [-0.15, -0.1) is 0 Å². The lowest BCUT2D eigenvalue weighted by atomic mass is 10.00. The Morgan fingerprint density at radius 1 is 1.43 bits per heavy atom. The predicted octanol–water partition coefficient (Wildman–Crippen LogP) is 2.03. The first-order valence-electron chi connectivity index (χ1n) is 8.00. The fourth-order valence-electron chi connectivity index (χ4n) is 3.01. The normalized spacial score (nSPS) is 21.1. The molecule has 6 heteroatoms. The van der Waals surface area contributed by atoms with Gasteiger partial charge in [0.25, 0.3) is 5.91 Å². The maximum atomic E-state index is 12.6. The molecular formula is C17H22N4O2. The quantitative estimate of drug-likeness (QED) is 0.937. The zero-order valence-corrected chi connectivity index (χ0v) is 13.5. The lowest BCUT2D eigenvalue weighted by Gasteiger charge is -2.30. The molecule has 23 heavy (non-hydrogen) atoms. The number of aryl methyl sites for hydroxylation is 2. The molecule has 2 atom stereocenters. The predicted molar refractivity (Wildman–Crippen MR) is 86.0 cm³/mol. The van der Waals surface area contributed by atoms with Crippen molar-refractivity contribution < 1.29 is 9.53 Å². The summed E-state index contributed by atoms with van der Waals surface area (Å²) in [5, 5.41) is 3.14. The number of imidazole rings is 1. The minimum absolute atomic E-state index is 0.0235. The molecule has 0 radical (unpaired) electrons. The van der Waals surface area contributed by atoms with E-state index in [2.05, 4.69) is 15.3 Å². The smallest absolute Gasteiger partial charge is 0.251 e. The van der Waals surface area contributed by atoms with Crippen LogP contribution in [-0.4, -0.2) is 33.1 Å². The topological polar surface area (TPSA) is 69.0 Å². The average Bonchev–Trinajstić information content (AvgIpc) is 3.01. The Bertz CT molecular complexity index is 683. The van der Waals surface area contributed by atoms with E-state index in [9.17, 15) is 4.79 Å². The highest BCUT2D eigenvalue weighted by molar-refractivity contribution is 5.95. The second kappa shape index (κ2) is 6.91. The van der Waals surface area contributed by atoms with Crippen molar-refractivity contribution >= 4 is 5.91 Å². The van der Waals surface area contributed by atoms with Crippen LogP contribution in [0.4, 0.5) is 0 Å². The third kappa shape index (κ3) is 3.42. The molecule has 1 N–H and O–H groups in total. The average molecular weight is 314 g/mol. The number of rotatable bonds is 4. The zero-order chi connectivity index (χ0) is 16.2. The SMILES string of the molecule is CCc1cnccc1C(=O)N[C@H]1CCO[C@H](c2cncn2C)C1. The minimum Gasteiger partial charge on any atom is -0.372 e. The number of hydrogen-bond acceptors (Lipinski definition) is 4. The molecule has 2 aromatic heterocycles. The molecule has 0 spiro atoms. The Labute approximate surface area is 135 Å². The number of nitrogens with one attached hydrogen (secondary N) is 1. The molecule has 0 unspecified atom stereocenters. The van der Waals surface area contributed by atoms with E-state index in [1.54, 1.807) is 24.8 Å². The molecule has 2 aromatic rings. The van der Waals surface area contributed by atoms with E-state index in [4.69, 9.17) is 4.74 Å². The summed E-state index contributed by atoms with van der Waals surface area (Å²) in [6.45, 7) is 2.67. The first-order valence-corrected chi connectivity index (χ1v) is 8.00. The van der Waals surface area contributed by atoms with Crippen LogP contribution in [0.3, 0.4) is 0 Å². The minimum atomic E-state index is -0.0279. The maximum Gasteiger partial charge on any atom is 0.251 e. The fourth-order valence-corrected chi connectivity index (χ4v) is 3.01. The highest BCUT2D eigenvalue weighted by atomic mass is 16.5. The van der Waals surface area contributed by atoms with Crippen LogP contribution in [0.1, 0.15) is 47.5 Å². The number of pyridine rings is 1. The molecule has 0 saturated carbocycles. The summed E-state index contributed by atoms with van der Waals surface area (Å²) in [6.07, 6.45) is 9.38. The lowest BCUT2D eigenvalue weighted by Crippen LogP contribution is -2.40. The van der Waals surface area contributed by atoms with Gasteiger partial charge >= 0.3 is 0 Å². The molecule has 3 rings (SSSR count). The molecular weight excluding hydrogens is 292 g/mol. The highest BCUT2D eigenvalue weighted by Gasteiger charge is 2.27. The van der Waals surface area contributed by atoms with Crippen LogP contribution in [0.15, 0.2) is 31.0 Å². The number of aromatic nitrogens is 3. The van der Waals surface area contributed by atoms with Gasteiger partial charge in [-0.05, 0) is 30.9 Å². The third-order valence-corrected chi connectivity index (χ3v) is 4.33. The fraction of sp³-hybridized carbons (Fsp3) is 0.471. The van der Waals surface area contributed by atoms with Crippen LogP contribution in [0.5, 0.6) is 0 Å². The third-order valence-electron chi connectivity index (χ3n) is 4.33. The van der Waals surface area contributed by atoms with Crippen molar-refractivity contribution in [2.45, 2.75) is 38.3 Å². The summed E-state index contributed by atoms with van der Waals surface area (Å²) < 4.78 is 7.81. The number of ether oxygens (including phenoxy) is 1. The Morgan fingerprint density at radius 3 is 3.04 bits per heavy atom. The second-order valence-corrected chi connectivity index (χ2v) is 5.87. The van der Waals surface area contributed by atoms with Crippen LogP contribution in [0, 0.1) is 0 Å². The first-order chi connectivity index (χ1) is 11.2. The molecule has 0 bridgehead atoms. The van der Waals surface area contributed by atoms with E-state index >= 15 is 0 Å². The Kier molecular flexibility index (Phi) is 4.71. The van der Waals surface area contributed by atoms with Crippen molar-refractivity contribution in [1.82, 2.24) is 19.9 Å². The van der Waals surface area contributed by atoms with Crippen LogP contribution in [-0.2, 0) is 18.2 Å². The summed E-state index contributed by atoms with van der Waals surface area (Å²) in [4.78, 5) is 20.8. The van der Waals surface area contributed by atoms with E-state index in [0.29, 0.717) is 12.2 Å². The van der Waals surface area contributed by atoms with Crippen LogP contribution >= 0.6 is 0 Å². The van der Waals surface area contributed by atoms with Gasteiger partial charge in [0.1, 0.15) is 6.10 Å². The monoisotopic (exact) mass is 314 g/mol. The molecule has 1 fully saturated rings. The van der Waals surface area contributed by atoms with Crippen LogP contribution < -0.4 is 5.32 Å². The van der Waals surface area contributed by atoms with Crippen molar-refractivity contribution in [3.8, 4) is 0 Å². The first kappa shape index (κ1) is 15.7. The standard InChI is InChI=1S/C17H22N4O2/c1-3-12-9-18-6-4-14(12)17(22)20-13-5-7-23-16(8-13)15-10-19-11-21(15)2/h4,6,9-11,13,16H,3,5,7-8H2,1-2H3,(H,20,22)/t13-,16-/m0/s1. The number of carbonyl (C=O) groups excluding carboxylic acids is 1.